The van der Waals surface area contributed by atoms with Crippen molar-refractivity contribution in [3.63, 3.8) is 0 Å². The normalized spacial score (nSPS) is 13.8. The average Bonchev–Trinajstić information content (AvgIpc) is 3.18. The molecule has 0 aliphatic carbocycles. The van der Waals surface area contributed by atoms with Crippen LogP contribution in [0.3, 0.4) is 0 Å². The van der Waals surface area contributed by atoms with E-state index in [2.05, 4.69) is 43.5 Å². The standard InChI is InChI=1S/C50H95NO4/c1-3-5-7-9-11-13-15-17-19-21-22-23-24-25-26-28-30-32-34-36-38-40-42-44-49(54)48(46-52)51-50(55)45-47(53)43-41-39-37-35-33-31-29-27-20-18-16-14-12-10-8-6-4-2/h12,14,16,18,42,44,47-49,52-54H,3-11,13,15,17,19-41,43,45-46H2,1-2H3,(H,51,55)/b14-12-,18-16-,44-42+. The predicted octanol–water partition coefficient (Wildman–Crippen LogP) is 14.3. The summed E-state index contributed by atoms with van der Waals surface area (Å²) in [4.78, 5) is 12.5. The van der Waals surface area contributed by atoms with Crippen molar-refractivity contribution in [1.82, 2.24) is 5.32 Å². The first-order valence-corrected chi connectivity index (χ1v) is 24.3. The van der Waals surface area contributed by atoms with Crippen molar-refractivity contribution in [2.24, 2.45) is 0 Å². The highest BCUT2D eigenvalue weighted by molar-refractivity contribution is 5.76. The van der Waals surface area contributed by atoms with Gasteiger partial charge in [-0.2, -0.15) is 0 Å². The van der Waals surface area contributed by atoms with E-state index < -0.39 is 18.2 Å². The zero-order chi connectivity index (χ0) is 40.1. The van der Waals surface area contributed by atoms with Crippen molar-refractivity contribution in [3.8, 4) is 0 Å². The Morgan fingerprint density at radius 3 is 1.20 bits per heavy atom. The van der Waals surface area contributed by atoms with E-state index in [-0.39, 0.29) is 18.9 Å². The van der Waals surface area contributed by atoms with Crippen LogP contribution >= 0.6 is 0 Å². The summed E-state index contributed by atoms with van der Waals surface area (Å²) < 4.78 is 0. The molecule has 324 valence electrons. The smallest absolute Gasteiger partial charge is 0.222 e. The van der Waals surface area contributed by atoms with Gasteiger partial charge in [0, 0.05) is 0 Å². The first-order valence-electron chi connectivity index (χ1n) is 24.3. The maximum Gasteiger partial charge on any atom is 0.222 e. The molecular weight excluding hydrogens is 679 g/mol. The summed E-state index contributed by atoms with van der Waals surface area (Å²) in [6, 6.07) is -0.746. The lowest BCUT2D eigenvalue weighted by Gasteiger charge is -2.21. The van der Waals surface area contributed by atoms with Crippen molar-refractivity contribution in [2.75, 3.05) is 6.61 Å². The molecule has 0 saturated heterocycles. The molecule has 3 unspecified atom stereocenters. The quantitative estimate of drug-likeness (QED) is 0.0282. The number of nitrogens with one attached hydrogen (secondary N) is 1. The van der Waals surface area contributed by atoms with E-state index in [0.29, 0.717) is 6.42 Å². The van der Waals surface area contributed by atoms with Gasteiger partial charge >= 0.3 is 0 Å². The average molecular weight is 774 g/mol. The molecule has 0 saturated carbocycles. The zero-order valence-corrected chi connectivity index (χ0v) is 36.8. The second-order valence-corrected chi connectivity index (χ2v) is 16.8. The Bertz CT molecular complexity index is 855. The van der Waals surface area contributed by atoms with E-state index in [1.807, 2.05) is 6.08 Å². The van der Waals surface area contributed by atoms with Crippen molar-refractivity contribution in [1.29, 1.82) is 0 Å². The molecule has 0 aliphatic heterocycles. The van der Waals surface area contributed by atoms with Crippen LogP contribution in [0.5, 0.6) is 0 Å². The molecule has 0 rings (SSSR count). The molecule has 0 bridgehead atoms. The maximum atomic E-state index is 12.5. The molecule has 0 fully saturated rings. The number of aliphatic hydroxyl groups excluding tert-OH is 3. The van der Waals surface area contributed by atoms with E-state index in [1.54, 1.807) is 6.08 Å². The van der Waals surface area contributed by atoms with Gasteiger partial charge in [-0.25, -0.2) is 0 Å². The minimum atomic E-state index is -0.931. The topological polar surface area (TPSA) is 89.8 Å². The van der Waals surface area contributed by atoms with Gasteiger partial charge in [-0.15, -0.1) is 0 Å². The fraction of sp³-hybridized carbons (Fsp3) is 0.860. The molecule has 5 nitrogen and oxygen atoms in total. The predicted molar refractivity (Wildman–Crippen MR) is 241 cm³/mol. The van der Waals surface area contributed by atoms with E-state index in [9.17, 15) is 20.1 Å². The molecule has 0 aliphatic rings. The Morgan fingerprint density at radius 1 is 0.473 bits per heavy atom. The van der Waals surface area contributed by atoms with Crippen LogP contribution in [-0.2, 0) is 4.79 Å². The Balaban J connectivity index is 3.63. The monoisotopic (exact) mass is 774 g/mol. The van der Waals surface area contributed by atoms with Crippen LogP contribution in [0.2, 0.25) is 0 Å². The lowest BCUT2D eigenvalue weighted by atomic mass is 10.0. The maximum absolute atomic E-state index is 12.5. The number of carbonyl (C=O) groups excluding carboxylic acids is 1. The SMILES string of the molecule is CCCCC/C=C\C=C/CCCCCCCCCCC(O)CC(=O)NC(CO)C(O)/C=C/CCCCCCCCCCCCCCCCCCCCCCC. The largest absolute Gasteiger partial charge is 0.394 e. The number of aliphatic hydroxyl groups is 3. The van der Waals surface area contributed by atoms with Gasteiger partial charge in [0.1, 0.15) is 0 Å². The molecule has 0 spiro atoms. The second kappa shape index (κ2) is 45.3. The summed E-state index contributed by atoms with van der Waals surface area (Å²) in [5.41, 5.74) is 0. The molecule has 55 heavy (non-hydrogen) atoms. The third-order valence-corrected chi connectivity index (χ3v) is 11.2. The van der Waals surface area contributed by atoms with E-state index in [0.717, 1.165) is 25.7 Å². The molecule has 0 heterocycles. The number of hydrogen-bond donors (Lipinski definition) is 4. The lowest BCUT2D eigenvalue weighted by molar-refractivity contribution is -0.124. The molecule has 0 aromatic carbocycles. The van der Waals surface area contributed by atoms with Crippen LogP contribution in [-0.4, -0.2) is 46.1 Å². The third kappa shape index (κ3) is 42.0. The minimum absolute atomic E-state index is 0.00939. The van der Waals surface area contributed by atoms with Gasteiger partial charge in [0.15, 0.2) is 0 Å². The number of rotatable bonds is 44. The van der Waals surface area contributed by atoms with Gasteiger partial charge in [0.05, 0.1) is 31.3 Å². The van der Waals surface area contributed by atoms with Crippen LogP contribution in [0.15, 0.2) is 36.5 Å². The van der Waals surface area contributed by atoms with Gasteiger partial charge in [0.2, 0.25) is 5.91 Å². The van der Waals surface area contributed by atoms with Gasteiger partial charge in [-0.3, -0.25) is 4.79 Å². The van der Waals surface area contributed by atoms with Crippen LogP contribution < -0.4 is 5.32 Å². The van der Waals surface area contributed by atoms with Gasteiger partial charge in [0.25, 0.3) is 0 Å². The van der Waals surface area contributed by atoms with E-state index in [1.165, 1.54) is 199 Å². The number of unbranched alkanes of at least 4 members (excludes halogenated alkanes) is 32. The first-order chi connectivity index (χ1) is 27.0. The minimum Gasteiger partial charge on any atom is -0.394 e. The summed E-state index contributed by atoms with van der Waals surface area (Å²) in [7, 11) is 0. The number of carbonyl (C=O) groups is 1. The molecule has 4 N–H and O–H groups in total. The summed E-state index contributed by atoms with van der Waals surface area (Å²) in [5.74, 6) is -0.318. The van der Waals surface area contributed by atoms with Crippen molar-refractivity contribution >= 4 is 5.91 Å². The molecule has 0 aromatic heterocycles. The third-order valence-electron chi connectivity index (χ3n) is 11.2. The molecule has 5 heteroatoms. The second-order valence-electron chi connectivity index (χ2n) is 16.8. The molecule has 1 amide bonds. The highest BCUT2D eigenvalue weighted by Crippen LogP contribution is 2.16. The van der Waals surface area contributed by atoms with Crippen LogP contribution in [0.25, 0.3) is 0 Å². The summed E-state index contributed by atoms with van der Waals surface area (Å²) in [5, 5.41) is 33.3. The van der Waals surface area contributed by atoms with Crippen LogP contribution in [0, 0.1) is 0 Å². The molecule has 0 radical (unpaired) electrons. The molecule has 3 atom stereocenters. The summed E-state index contributed by atoms with van der Waals surface area (Å²) in [6.45, 7) is 4.20. The van der Waals surface area contributed by atoms with Crippen LogP contribution in [0.1, 0.15) is 251 Å². The number of hydrogen-bond acceptors (Lipinski definition) is 4. The fourth-order valence-corrected chi connectivity index (χ4v) is 7.45. The molecule has 0 aromatic rings. The van der Waals surface area contributed by atoms with Gasteiger partial charge in [-0.05, 0) is 44.9 Å². The lowest BCUT2D eigenvalue weighted by Crippen LogP contribution is -2.45. The van der Waals surface area contributed by atoms with Crippen molar-refractivity contribution in [3.05, 3.63) is 36.5 Å². The Kier molecular flexibility index (Phi) is 44.1. The Labute approximate surface area is 343 Å². The highest BCUT2D eigenvalue weighted by Gasteiger charge is 2.20. The van der Waals surface area contributed by atoms with E-state index >= 15 is 0 Å². The molecular formula is C50H95NO4. The van der Waals surface area contributed by atoms with Crippen molar-refractivity contribution in [2.45, 2.75) is 270 Å². The highest BCUT2D eigenvalue weighted by atomic mass is 16.3. The number of allylic oxidation sites excluding steroid dienone is 5. The Morgan fingerprint density at radius 2 is 0.800 bits per heavy atom. The van der Waals surface area contributed by atoms with Gasteiger partial charge < -0.3 is 20.6 Å². The van der Waals surface area contributed by atoms with Crippen LogP contribution in [0.4, 0.5) is 0 Å². The summed E-state index contributed by atoms with van der Waals surface area (Å²) in [6.07, 6.45) is 57.2. The Hall–Kier alpha value is -1.43. The fourth-order valence-electron chi connectivity index (χ4n) is 7.45. The zero-order valence-electron chi connectivity index (χ0n) is 36.8. The first kappa shape index (κ1) is 53.6. The number of amides is 1. The van der Waals surface area contributed by atoms with Crippen molar-refractivity contribution < 1.29 is 20.1 Å². The van der Waals surface area contributed by atoms with Gasteiger partial charge in [-0.1, -0.05) is 237 Å². The van der Waals surface area contributed by atoms with E-state index in [4.69, 9.17) is 0 Å². The summed E-state index contributed by atoms with van der Waals surface area (Å²) >= 11 is 0.